The summed E-state index contributed by atoms with van der Waals surface area (Å²) in [6, 6.07) is 0. The summed E-state index contributed by atoms with van der Waals surface area (Å²) < 4.78 is 0. The van der Waals surface area contributed by atoms with Gasteiger partial charge in [0, 0.05) is 5.41 Å². The fourth-order valence-corrected chi connectivity index (χ4v) is 1.51. The van der Waals surface area contributed by atoms with Crippen LogP contribution in [0.5, 0.6) is 0 Å². The van der Waals surface area contributed by atoms with Crippen LogP contribution < -0.4 is 0 Å². The van der Waals surface area contributed by atoms with Gasteiger partial charge in [-0.05, 0) is 19.3 Å². The Labute approximate surface area is 81.4 Å². The van der Waals surface area contributed by atoms with Crippen LogP contribution in [0, 0.1) is 5.41 Å². The van der Waals surface area contributed by atoms with Crippen LogP contribution in [-0.4, -0.2) is 0 Å². The molecule has 0 radical (unpaired) electrons. The summed E-state index contributed by atoms with van der Waals surface area (Å²) in [5, 5.41) is 0. The molecule has 0 aliphatic heterocycles. The van der Waals surface area contributed by atoms with Crippen molar-refractivity contribution in [2.45, 2.75) is 26.2 Å². The second kappa shape index (κ2) is 4.86. The lowest BCUT2D eigenvalue weighted by molar-refractivity contribution is 0.608. The van der Waals surface area contributed by atoms with Crippen LogP contribution in [0.4, 0.5) is 0 Å². The van der Waals surface area contributed by atoms with Crippen molar-refractivity contribution in [2.75, 3.05) is 0 Å². The molecule has 0 amide bonds. The number of rotatable bonds is 5. The van der Waals surface area contributed by atoms with Crippen molar-refractivity contribution in [2.24, 2.45) is 5.41 Å². The zero-order valence-electron chi connectivity index (χ0n) is 8.37. The highest BCUT2D eigenvalue weighted by molar-refractivity contribution is 5.30. The van der Waals surface area contributed by atoms with Crippen molar-refractivity contribution in [3.05, 3.63) is 49.1 Å². The predicted molar refractivity (Wildman–Crippen MR) is 59.6 cm³/mol. The molecule has 1 rings (SSSR count). The topological polar surface area (TPSA) is 0 Å². The maximum atomic E-state index is 3.71. The lowest BCUT2D eigenvalue weighted by Gasteiger charge is -2.17. The van der Waals surface area contributed by atoms with Gasteiger partial charge in [-0.3, -0.25) is 0 Å². The van der Waals surface area contributed by atoms with E-state index in [1.54, 1.807) is 0 Å². The lowest BCUT2D eigenvalue weighted by atomic mass is 9.86. The summed E-state index contributed by atoms with van der Waals surface area (Å²) in [4.78, 5) is 0. The van der Waals surface area contributed by atoms with E-state index in [0.717, 1.165) is 19.3 Å². The molecule has 0 aromatic rings. The van der Waals surface area contributed by atoms with Gasteiger partial charge < -0.3 is 0 Å². The maximum Gasteiger partial charge on any atom is 0.0245 e. The van der Waals surface area contributed by atoms with E-state index in [2.05, 4.69) is 50.0 Å². The maximum absolute atomic E-state index is 3.71. The van der Waals surface area contributed by atoms with Crippen molar-refractivity contribution < 1.29 is 0 Å². The Balaban J connectivity index is 2.49. The highest BCUT2D eigenvalue weighted by Crippen LogP contribution is 2.31. The van der Waals surface area contributed by atoms with Gasteiger partial charge in [-0.2, -0.15) is 0 Å². The zero-order chi connectivity index (χ0) is 9.57. The Morgan fingerprint density at radius 2 is 1.92 bits per heavy atom. The van der Waals surface area contributed by atoms with Gasteiger partial charge in [0.25, 0.3) is 0 Å². The first kappa shape index (κ1) is 10.0. The van der Waals surface area contributed by atoms with Gasteiger partial charge in [0.05, 0.1) is 0 Å². The molecule has 0 aromatic heterocycles. The molecule has 0 unspecified atom stereocenters. The SMILES string of the molecule is C=CCCC=CC1(CC)C=CC=C1. The van der Waals surface area contributed by atoms with Crippen LogP contribution in [0.2, 0.25) is 0 Å². The van der Waals surface area contributed by atoms with E-state index in [-0.39, 0.29) is 5.41 Å². The molecule has 0 atom stereocenters. The normalized spacial score (nSPS) is 18.5. The number of hydrogen-bond donors (Lipinski definition) is 0. The molecule has 1 aliphatic carbocycles. The van der Waals surface area contributed by atoms with Gasteiger partial charge in [0.15, 0.2) is 0 Å². The molecule has 0 N–H and O–H groups in total. The van der Waals surface area contributed by atoms with E-state index >= 15 is 0 Å². The average Bonchev–Trinajstić information content (AvgIpc) is 2.62. The van der Waals surface area contributed by atoms with Crippen LogP contribution in [-0.2, 0) is 0 Å². The molecule has 0 bridgehead atoms. The van der Waals surface area contributed by atoms with E-state index in [0.29, 0.717) is 0 Å². The minimum atomic E-state index is 0.209. The lowest BCUT2D eigenvalue weighted by Crippen LogP contribution is -2.06. The Hall–Kier alpha value is -1.04. The van der Waals surface area contributed by atoms with Gasteiger partial charge in [0.1, 0.15) is 0 Å². The highest BCUT2D eigenvalue weighted by Gasteiger charge is 2.19. The number of allylic oxidation sites excluding steroid dienone is 7. The van der Waals surface area contributed by atoms with Gasteiger partial charge in [-0.1, -0.05) is 49.5 Å². The van der Waals surface area contributed by atoms with Crippen molar-refractivity contribution in [3.63, 3.8) is 0 Å². The monoisotopic (exact) mass is 174 g/mol. The van der Waals surface area contributed by atoms with Gasteiger partial charge >= 0.3 is 0 Å². The third kappa shape index (κ3) is 2.73. The van der Waals surface area contributed by atoms with E-state index < -0.39 is 0 Å². The molecule has 0 saturated carbocycles. The molecule has 13 heavy (non-hydrogen) atoms. The Morgan fingerprint density at radius 3 is 2.46 bits per heavy atom. The van der Waals surface area contributed by atoms with Crippen LogP contribution in [0.15, 0.2) is 49.1 Å². The molecule has 0 saturated heterocycles. The van der Waals surface area contributed by atoms with Crippen LogP contribution in [0.25, 0.3) is 0 Å². The third-order valence-electron chi connectivity index (χ3n) is 2.50. The second-order valence-electron chi connectivity index (χ2n) is 3.45. The molecule has 0 nitrogen and oxygen atoms in total. The molecule has 0 heteroatoms. The molecule has 0 aromatic carbocycles. The van der Waals surface area contributed by atoms with Crippen molar-refractivity contribution in [1.82, 2.24) is 0 Å². The molecule has 1 aliphatic rings. The first-order valence-electron chi connectivity index (χ1n) is 4.98. The Kier molecular flexibility index (Phi) is 3.75. The second-order valence-corrected chi connectivity index (χ2v) is 3.45. The molecular formula is C13H18. The smallest absolute Gasteiger partial charge is 0.0245 e. The quantitative estimate of drug-likeness (QED) is 0.436. The minimum absolute atomic E-state index is 0.209. The fraction of sp³-hybridized carbons (Fsp3) is 0.385. The van der Waals surface area contributed by atoms with E-state index in [1.165, 1.54) is 0 Å². The third-order valence-corrected chi connectivity index (χ3v) is 2.50. The van der Waals surface area contributed by atoms with Gasteiger partial charge in [-0.15, -0.1) is 6.58 Å². The summed E-state index contributed by atoms with van der Waals surface area (Å²) in [6.45, 7) is 5.93. The highest BCUT2D eigenvalue weighted by atomic mass is 14.2. The summed E-state index contributed by atoms with van der Waals surface area (Å²) in [7, 11) is 0. The molecule has 70 valence electrons. The van der Waals surface area contributed by atoms with Gasteiger partial charge in [-0.25, -0.2) is 0 Å². The Bertz CT molecular complexity index is 229. The van der Waals surface area contributed by atoms with Crippen molar-refractivity contribution >= 4 is 0 Å². The summed E-state index contributed by atoms with van der Waals surface area (Å²) in [5.41, 5.74) is 0.209. The van der Waals surface area contributed by atoms with Crippen LogP contribution in [0.1, 0.15) is 26.2 Å². The summed E-state index contributed by atoms with van der Waals surface area (Å²) in [6.07, 6.45) is 18.6. The fourth-order valence-electron chi connectivity index (χ4n) is 1.51. The van der Waals surface area contributed by atoms with Gasteiger partial charge in [0.2, 0.25) is 0 Å². The Morgan fingerprint density at radius 1 is 1.23 bits per heavy atom. The summed E-state index contributed by atoms with van der Waals surface area (Å²) in [5.74, 6) is 0. The average molecular weight is 174 g/mol. The van der Waals surface area contributed by atoms with E-state index in [1.807, 2.05) is 6.08 Å². The summed E-state index contributed by atoms with van der Waals surface area (Å²) >= 11 is 0. The molecular weight excluding hydrogens is 156 g/mol. The first-order valence-corrected chi connectivity index (χ1v) is 4.98. The van der Waals surface area contributed by atoms with Crippen molar-refractivity contribution in [3.8, 4) is 0 Å². The molecule has 0 fully saturated rings. The largest absolute Gasteiger partial charge is 0.103 e. The van der Waals surface area contributed by atoms with Crippen molar-refractivity contribution in [1.29, 1.82) is 0 Å². The zero-order valence-corrected chi connectivity index (χ0v) is 8.37. The standard InChI is InChI=1S/C13H18/c1-3-5-6-7-10-13(4-2)11-8-9-12-13/h3,7-12H,1,4-6H2,2H3. The number of unbranched alkanes of at least 4 members (excludes halogenated alkanes) is 1. The van der Waals surface area contributed by atoms with Crippen LogP contribution in [0.3, 0.4) is 0 Å². The number of hydrogen-bond acceptors (Lipinski definition) is 0. The van der Waals surface area contributed by atoms with E-state index in [9.17, 15) is 0 Å². The minimum Gasteiger partial charge on any atom is -0.103 e. The predicted octanol–water partition coefficient (Wildman–Crippen LogP) is 4.03. The first-order chi connectivity index (χ1) is 6.33. The van der Waals surface area contributed by atoms with Crippen LogP contribution >= 0.6 is 0 Å². The van der Waals surface area contributed by atoms with E-state index in [4.69, 9.17) is 0 Å². The molecule has 0 spiro atoms. The molecule has 0 heterocycles.